The van der Waals surface area contributed by atoms with Crippen LogP contribution in [0.1, 0.15) is 11.1 Å². The van der Waals surface area contributed by atoms with Gasteiger partial charge in [-0.25, -0.2) is 8.78 Å². The second kappa shape index (κ2) is 7.12. The molecule has 20 heavy (non-hydrogen) atoms. The average Bonchev–Trinajstić information content (AvgIpc) is 2.44. The molecule has 0 atom stereocenters. The number of hydrogen-bond acceptors (Lipinski definition) is 2. The molecule has 2 rings (SSSR count). The van der Waals surface area contributed by atoms with Gasteiger partial charge in [-0.2, -0.15) is 0 Å². The Labute approximate surface area is 117 Å². The van der Waals surface area contributed by atoms with Gasteiger partial charge < -0.3 is 5.11 Å². The quantitative estimate of drug-likeness (QED) is 0.877. The second-order valence-corrected chi connectivity index (χ2v) is 4.62. The van der Waals surface area contributed by atoms with Gasteiger partial charge in [0.1, 0.15) is 11.6 Å². The van der Waals surface area contributed by atoms with Crippen LogP contribution in [0.3, 0.4) is 0 Å². The minimum absolute atomic E-state index is 0.0388. The maximum atomic E-state index is 13.7. The molecule has 0 radical (unpaired) electrons. The maximum Gasteiger partial charge on any atom is 0.130 e. The minimum atomic E-state index is -0.555. The van der Waals surface area contributed by atoms with Crippen LogP contribution in [0.2, 0.25) is 0 Å². The normalized spacial score (nSPS) is 11.0. The molecular formula is C16H17F2NO. The van der Waals surface area contributed by atoms with Gasteiger partial charge in [0.15, 0.2) is 0 Å². The lowest BCUT2D eigenvalue weighted by Crippen LogP contribution is -2.27. The molecule has 2 aromatic carbocycles. The lowest BCUT2D eigenvalue weighted by atomic mass is 10.1. The molecule has 0 saturated heterocycles. The first-order valence-corrected chi connectivity index (χ1v) is 6.50. The van der Waals surface area contributed by atoms with E-state index in [0.29, 0.717) is 13.1 Å². The Kier molecular flexibility index (Phi) is 5.21. The van der Waals surface area contributed by atoms with Crippen molar-refractivity contribution < 1.29 is 13.9 Å². The molecule has 106 valence electrons. The van der Waals surface area contributed by atoms with Crippen molar-refractivity contribution in [2.45, 2.75) is 13.1 Å². The first-order chi connectivity index (χ1) is 9.70. The van der Waals surface area contributed by atoms with Crippen LogP contribution in [0.15, 0.2) is 48.5 Å². The lowest BCUT2D eigenvalue weighted by molar-refractivity contribution is 0.181. The van der Waals surface area contributed by atoms with Gasteiger partial charge in [-0.05, 0) is 17.7 Å². The summed E-state index contributed by atoms with van der Waals surface area (Å²) < 4.78 is 27.3. The van der Waals surface area contributed by atoms with Gasteiger partial charge in [0.25, 0.3) is 0 Å². The Morgan fingerprint density at radius 3 is 2.10 bits per heavy atom. The summed E-state index contributed by atoms with van der Waals surface area (Å²) in [5, 5.41) is 9.10. The SMILES string of the molecule is OCCN(Cc1ccccc1)Cc1c(F)cccc1F. The van der Waals surface area contributed by atoms with Crippen molar-refractivity contribution in [1.29, 1.82) is 0 Å². The Bertz CT molecular complexity index is 525. The zero-order valence-corrected chi connectivity index (χ0v) is 11.1. The highest BCUT2D eigenvalue weighted by Gasteiger charge is 2.13. The summed E-state index contributed by atoms with van der Waals surface area (Å²) in [6.45, 7) is 0.981. The van der Waals surface area contributed by atoms with Crippen LogP contribution in [0.25, 0.3) is 0 Å². The molecule has 0 unspecified atom stereocenters. The average molecular weight is 277 g/mol. The molecule has 0 bridgehead atoms. The Balaban J connectivity index is 2.13. The highest BCUT2D eigenvalue weighted by atomic mass is 19.1. The van der Waals surface area contributed by atoms with Crippen LogP contribution in [-0.4, -0.2) is 23.2 Å². The number of rotatable bonds is 6. The van der Waals surface area contributed by atoms with Crippen LogP contribution in [-0.2, 0) is 13.1 Å². The van der Waals surface area contributed by atoms with Crippen molar-refractivity contribution in [3.05, 3.63) is 71.3 Å². The van der Waals surface area contributed by atoms with Crippen molar-refractivity contribution in [3.8, 4) is 0 Å². The first-order valence-electron chi connectivity index (χ1n) is 6.50. The minimum Gasteiger partial charge on any atom is -0.395 e. The van der Waals surface area contributed by atoms with Gasteiger partial charge in [-0.1, -0.05) is 36.4 Å². The molecule has 0 aliphatic carbocycles. The van der Waals surface area contributed by atoms with Gasteiger partial charge in [-0.15, -0.1) is 0 Å². The molecule has 0 saturated carbocycles. The summed E-state index contributed by atoms with van der Waals surface area (Å²) in [7, 11) is 0. The first kappa shape index (κ1) is 14.6. The molecule has 4 heteroatoms. The molecule has 2 aromatic rings. The highest BCUT2D eigenvalue weighted by Crippen LogP contribution is 2.16. The summed E-state index contributed by atoms with van der Waals surface area (Å²) in [6.07, 6.45) is 0. The zero-order chi connectivity index (χ0) is 14.4. The third-order valence-corrected chi connectivity index (χ3v) is 3.11. The van der Waals surface area contributed by atoms with E-state index in [0.717, 1.165) is 5.56 Å². The van der Waals surface area contributed by atoms with Crippen molar-refractivity contribution in [3.63, 3.8) is 0 Å². The maximum absolute atomic E-state index is 13.7. The van der Waals surface area contributed by atoms with Crippen LogP contribution in [0.4, 0.5) is 8.78 Å². The zero-order valence-electron chi connectivity index (χ0n) is 11.1. The van der Waals surface area contributed by atoms with Crippen molar-refractivity contribution in [2.24, 2.45) is 0 Å². The Morgan fingerprint density at radius 1 is 0.850 bits per heavy atom. The van der Waals surface area contributed by atoms with E-state index in [-0.39, 0.29) is 18.7 Å². The fourth-order valence-corrected chi connectivity index (χ4v) is 2.10. The fourth-order valence-electron chi connectivity index (χ4n) is 2.10. The number of aliphatic hydroxyl groups is 1. The summed E-state index contributed by atoms with van der Waals surface area (Å²) in [6, 6.07) is 13.5. The fraction of sp³-hybridized carbons (Fsp3) is 0.250. The number of benzene rings is 2. The molecule has 0 fully saturated rings. The predicted molar refractivity (Wildman–Crippen MR) is 74.0 cm³/mol. The van der Waals surface area contributed by atoms with Crippen LogP contribution in [0, 0.1) is 11.6 Å². The van der Waals surface area contributed by atoms with Crippen LogP contribution in [0.5, 0.6) is 0 Å². The molecule has 0 heterocycles. The largest absolute Gasteiger partial charge is 0.395 e. The molecule has 0 amide bonds. The standard InChI is InChI=1S/C16H17F2NO/c17-15-7-4-8-16(18)14(15)12-19(9-10-20)11-13-5-2-1-3-6-13/h1-8,20H,9-12H2. The predicted octanol–water partition coefficient (Wildman–Crippen LogP) is 2.96. The monoisotopic (exact) mass is 277 g/mol. The Hall–Kier alpha value is -1.78. The molecule has 1 N–H and O–H groups in total. The topological polar surface area (TPSA) is 23.5 Å². The molecule has 2 nitrogen and oxygen atoms in total. The van der Waals surface area contributed by atoms with E-state index in [1.807, 2.05) is 35.2 Å². The third kappa shape index (κ3) is 3.85. The molecular weight excluding hydrogens is 260 g/mol. The van der Waals surface area contributed by atoms with E-state index >= 15 is 0 Å². The van der Waals surface area contributed by atoms with Gasteiger partial charge in [0.2, 0.25) is 0 Å². The molecule has 0 aliphatic rings. The van der Waals surface area contributed by atoms with E-state index < -0.39 is 11.6 Å². The summed E-state index contributed by atoms with van der Waals surface area (Å²) in [5.74, 6) is -1.11. The number of hydrogen-bond donors (Lipinski definition) is 1. The van der Waals surface area contributed by atoms with Crippen molar-refractivity contribution in [1.82, 2.24) is 4.90 Å². The summed E-state index contributed by atoms with van der Waals surface area (Å²) in [5.41, 5.74) is 1.08. The summed E-state index contributed by atoms with van der Waals surface area (Å²) >= 11 is 0. The van der Waals surface area contributed by atoms with E-state index in [4.69, 9.17) is 5.11 Å². The van der Waals surface area contributed by atoms with Gasteiger partial charge >= 0.3 is 0 Å². The number of halogens is 2. The lowest BCUT2D eigenvalue weighted by Gasteiger charge is -2.22. The van der Waals surface area contributed by atoms with E-state index in [1.165, 1.54) is 18.2 Å². The van der Waals surface area contributed by atoms with E-state index in [9.17, 15) is 8.78 Å². The number of aliphatic hydroxyl groups excluding tert-OH is 1. The summed E-state index contributed by atoms with van der Waals surface area (Å²) in [4.78, 5) is 1.82. The van der Waals surface area contributed by atoms with Gasteiger partial charge in [0.05, 0.1) is 6.61 Å². The molecule has 0 spiro atoms. The second-order valence-electron chi connectivity index (χ2n) is 4.62. The highest BCUT2D eigenvalue weighted by molar-refractivity contribution is 5.20. The van der Waals surface area contributed by atoms with Crippen LogP contribution >= 0.6 is 0 Å². The smallest absolute Gasteiger partial charge is 0.130 e. The molecule has 0 aromatic heterocycles. The van der Waals surface area contributed by atoms with Crippen molar-refractivity contribution in [2.75, 3.05) is 13.2 Å². The van der Waals surface area contributed by atoms with E-state index in [2.05, 4.69) is 0 Å². The third-order valence-electron chi connectivity index (χ3n) is 3.11. The van der Waals surface area contributed by atoms with Crippen molar-refractivity contribution >= 4 is 0 Å². The Morgan fingerprint density at radius 2 is 1.50 bits per heavy atom. The van der Waals surface area contributed by atoms with Gasteiger partial charge in [-0.3, -0.25) is 4.90 Å². The number of nitrogens with zero attached hydrogens (tertiary/aromatic N) is 1. The molecule has 0 aliphatic heterocycles. The van der Waals surface area contributed by atoms with Gasteiger partial charge in [0, 0.05) is 25.2 Å². The van der Waals surface area contributed by atoms with Crippen LogP contribution < -0.4 is 0 Å². The van der Waals surface area contributed by atoms with E-state index in [1.54, 1.807) is 0 Å².